The largest absolute Gasteiger partial charge is 0.390 e. The summed E-state index contributed by atoms with van der Waals surface area (Å²) in [6.45, 7) is -0.0105. The van der Waals surface area contributed by atoms with Crippen molar-refractivity contribution in [3.8, 4) is 0 Å². The van der Waals surface area contributed by atoms with Crippen molar-refractivity contribution in [1.29, 1.82) is 0 Å². The van der Waals surface area contributed by atoms with Crippen molar-refractivity contribution < 1.29 is 23.8 Å². The first kappa shape index (κ1) is 12.7. The predicted octanol–water partition coefficient (Wildman–Crippen LogP) is 0.280. The molecule has 0 spiro atoms. The first-order valence-electron chi connectivity index (χ1n) is 5.78. The Balaban J connectivity index is 2.04. The second-order valence-corrected chi connectivity index (χ2v) is 5.35. The second-order valence-electron chi connectivity index (χ2n) is 5.35. The highest BCUT2D eigenvalue weighted by Crippen LogP contribution is 2.54. The summed E-state index contributed by atoms with van der Waals surface area (Å²) < 4.78 is 25.3. The van der Waals surface area contributed by atoms with Crippen LogP contribution in [0.15, 0.2) is 0 Å². The number of hydrogen-bond donors (Lipinski definition) is 3. The van der Waals surface area contributed by atoms with Gasteiger partial charge in [-0.1, -0.05) is 0 Å². The Morgan fingerprint density at radius 3 is 2.65 bits per heavy atom. The van der Waals surface area contributed by atoms with E-state index in [1.807, 2.05) is 0 Å². The highest BCUT2D eigenvalue weighted by atomic mass is 19.3. The number of hydrogen-bond acceptors (Lipinski definition) is 3. The molecule has 2 aliphatic carbocycles. The summed E-state index contributed by atoms with van der Waals surface area (Å²) in [5.41, 5.74) is -1.06. The van der Waals surface area contributed by atoms with E-state index in [-0.39, 0.29) is 5.92 Å². The van der Waals surface area contributed by atoms with E-state index >= 15 is 0 Å². The maximum Gasteiger partial charge on any atom is 0.262 e. The first-order valence-corrected chi connectivity index (χ1v) is 5.78. The van der Waals surface area contributed by atoms with Crippen molar-refractivity contribution in [3.05, 3.63) is 0 Å². The Morgan fingerprint density at radius 2 is 2.18 bits per heavy atom. The number of rotatable bonds is 3. The van der Waals surface area contributed by atoms with Gasteiger partial charge < -0.3 is 15.5 Å². The van der Waals surface area contributed by atoms with E-state index in [0.29, 0.717) is 19.3 Å². The fraction of sp³-hybridized carbons (Fsp3) is 0.909. The number of carbonyl (C=O) groups excluding carboxylic acids is 1. The standard InChI is InChI=1S/C11H17F2NO3/c1-10(12,13)5-14-9(17)11-3-2-6(4-11)7(15)8(11)16/h6-8,15-16H,2-5H2,1H3,(H,14,17)/t6-,7+,8+,11-/m1/s1. The molecule has 0 aromatic heterocycles. The van der Waals surface area contributed by atoms with Gasteiger partial charge in [0.05, 0.1) is 24.2 Å². The summed E-state index contributed by atoms with van der Waals surface area (Å²) in [7, 11) is 0. The Morgan fingerprint density at radius 1 is 1.53 bits per heavy atom. The van der Waals surface area contributed by atoms with E-state index in [9.17, 15) is 23.8 Å². The quantitative estimate of drug-likeness (QED) is 0.673. The summed E-state index contributed by atoms with van der Waals surface area (Å²) in [5, 5.41) is 21.7. The number of aliphatic hydroxyl groups is 2. The lowest BCUT2D eigenvalue weighted by molar-refractivity contribution is -0.142. The molecule has 2 saturated carbocycles. The molecule has 98 valence electrons. The van der Waals surface area contributed by atoms with Gasteiger partial charge >= 0.3 is 0 Å². The minimum Gasteiger partial charge on any atom is -0.390 e. The van der Waals surface area contributed by atoms with Crippen LogP contribution in [0.25, 0.3) is 0 Å². The number of nitrogens with one attached hydrogen (secondary N) is 1. The number of aliphatic hydroxyl groups excluding tert-OH is 2. The monoisotopic (exact) mass is 249 g/mol. The maximum absolute atomic E-state index is 12.7. The summed E-state index contributed by atoms with van der Waals surface area (Å²) in [4.78, 5) is 11.9. The molecular formula is C11H17F2NO3. The minimum absolute atomic E-state index is 0.0853. The van der Waals surface area contributed by atoms with Gasteiger partial charge in [-0.2, -0.15) is 0 Å². The van der Waals surface area contributed by atoms with Gasteiger partial charge in [0.15, 0.2) is 0 Å². The second kappa shape index (κ2) is 3.88. The molecule has 17 heavy (non-hydrogen) atoms. The normalized spacial score (nSPS) is 40.6. The van der Waals surface area contributed by atoms with E-state index in [4.69, 9.17) is 0 Å². The fourth-order valence-electron chi connectivity index (χ4n) is 3.01. The first-order chi connectivity index (χ1) is 7.76. The molecule has 2 aliphatic rings. The maximum atomic E-state index is 12.7. The van der Waals surface area contributed by atoms with Gasteiger partial charge in [-0.15, -0.1) is 0 Å². The third kappa shape index (κ3) is 2.04. The van der Waals surface area contributed by atoms with Crippen LogP contribution >= 0.6 is 0 Å². The van der Waals surface area contributed by atoms with Crippen molar-refractivity contribution in [3.63, 3.8) is 0 Å². The van der Waals surface area contributed by atoms with Gasteiger partial charge in [-0.25, -0.2) is 8.78 Å². The molecule has 0 unspecified atom stereocenters. The summed E-state index contributed by atoms with van der Waals surface area (Å²) >= 11 is 0. The minimum atomic E-state index is -2.97. The summed E-state index contributed by atoms with van der Waals surface area (Å²) in [5.74, 6) is -3.62. The average molecular weight is 249 g/mol. The van der Waals surface area contributed by atoms with Crippen LogP contribution in [0.3, 0.4) is 0 Å². The van der Waals surface area contributed by atoms with Crippen LogP contribution < -0.4 is 5.32 Å². The van der Waals surface area contributed by atoms with E-state index in [1.165, 1.54) is 0 Å². The number of fused-ring (bicyclic) bond motifs is 2. The van der Waals surface area contributed by atoms with Gasteiger partial charge in [0.25, 0.3) is 5.92 Å². The molecule has 0 heterocycles. The van der Waals surface area contributed by atoms with Crippen LogP contribution in [0.2, 0.25) is 0 Å². The molecule has 6 heteroatoms. The fourth-order valence-corrected chi connectivity index (χ4v) is 3.01. The zero-order chi connectivity index (χ0) is 12.8. The van der Waals surface area contributed by atoms with E-state index < -0.39 is 36.0 Å². The van der Waals surface area contributed by atoms with Crippen LogP contribution in [-0.2, 0) is 4.79 Å². The molecule has 1 amide bonds. The van der Waals surface area contributed by atoms with Crippen LogP contribution in [0.1, 0.15) is 26.2 Å². The van der Waals surface area contributed by atoms with Crippen LogP contribution in [-0.4, -0.2) is 40.8 Å². The van der Waals surface area contributed by atoms with Crippen LogP contribution in [0.4, 0.5) is 8.78 Å². The molecule has 3 N–H and O–H groups in total. The van der Waals surface area contributed by atoms with E-state index in [2.05, 4.69) is 5.32 Å². The number of halogens is 2. The van der Waals surface area contributed by atoms with Crippen molar-refractivity contribution in [1.82, 2.24) is 5.32 Å². The van der Waals surface area contributed by atoms with Gasteiger partial charge in [-0.05, 0) is 25.2 Å². The van der Waals surface area contributed by atoms with Crippen molar-refractivity contribution in [2.45, 2.75) is 44.3 Å². The topological polar surface area (TPSA) is 69.6 Å². The number of amides is 1. The Labute approximate surface area is 98.0 Å². The van der Waals surface area contributed by atoms with Crippen molar-refractivity contribution >= 4 is 5.91 Å². The molecule has 0 aliphatic heterocycles. The van der Waals surface area contributed by atoms with Crippen molar-refractivity contribution in [2.75, 3.05) is 6.54 Å². The third-order valence-electron chi connectivity index (χ3n) is 3.97. The molecule has 2 fully saturated rings. The lowest BCUT2D eigenvalue weighted by Gasteiger charge is -2.32. The summed E-state index contributed by atoms with van der Waals surface area (Å²) in [6, 6.07) is 0. The zero-order valence-electron chi connectivity index (χ0n) is 9.62. The molecule has 4 atom stereocenters. The van der Waals surface area contributed by atoms with Crippen LogP contribution in [0, 0.1) is 11.3 Å². The number of carbonyl (C=O) groups is 1. The van der Waals surface area contributed by atoms with Gasteiger partial charge in [-0.3, -0.25) is 4.79 Å². The molecule has 0 aromatic carbocycles. The molecule has 0 radical (unpaired) electrons. The molecule has 2 rings (SSSR count). The van der Waals surface area contributed by atoms with E-state index in [0.717, 1.165) is 6.92 Å². The molecule has 0 aromatic rings. The average Bonchev–Trinajstić information content (AvgIpc) is 2.76. The predicted molar refractivity (Wildman–Crippen MR) is 55.4 cm³/mol. The van der Waals surface area contributed by atoms with Crippen molar-refractivity contribution in [2.24, 2.45) is 11.3 Å². The lowest BCUT2D eigenvalue weighted by atomic mass is 9.80. The third-order valence-corrected chi connectivity index (χ3v) is 3.97. The Bertz CT molecular complexity index is 331. The SMILES string of the molecule is CC(F)(F)CNC(=O)[C@]12CC[C@H](C1)[C@H](O)[C@@H]2O. The number of alkyl halides is 2. The van der Waals surface area contributed by atoms with E-state index in [1.54, 1.807) is 0 Å². The van der Waals surface area contributed by atoms with Crippen LogP contribution in [0.5, 0.6) is 0 Å². The van der Waals surface area contributed by atoms with Gasteiger partial charge in [0, 0.05) is 6.92 Å². The Hall–Kier alpha value is -0.750. The molecular weight excluding hydrogens is 232 g/mol. The Kier molecular flexibility index (Phi) is 2.90. The smallest absolute Gasteiger partial charge is 0.262 e. The molecule has 2 bridgehead atoms. The lowest BCUT2D eigenvalue weighted by Crippen LogP contribution is -2.51. The summed E-state index contributed by atoms with van der Waals surface area (Å²) in [6.07, 6.45) is -0.537. The highest BCUT2D eigenvalue weighted by Gasteiger charge is 2.61. The molecule has 0 saturated heterocycles. The zero-order valence-corrected chi connectivity index (χ0v) is 9.62. The molecule has 4 nitrogen and oxygen atoms in total. The van der Waals surface area contributed by atoms with Gasteiger partial charge in [0.1, 0.15) is 0 Å². The highest BCUT2D eigenvalue weighted by molar-refractivity contribution is 5.84. The van der Waals surface area contributed by atoms with Gasteiger partial charge in [0.2, 0.25) is 5.91 Å².